The Balaban J connectivity index is 1.88. The second-order valence-corrected chi connectivity index (χ2v) is 6.68. The Kier molecular flexibility index (Phi) is 6.43. The Labute approximate surface area is 180 Å². The zero-order valence-corrected chi connectivity index (χ0v) is 16.3. The van der Waals surface area contributed by atoms with E-state index in [4.69, 9.17) is 20.8 Å². The number of alkyl halides is 3. The van der Waals surface area contributed by atoms with Gasteiger partial charge in [-0.3, -0.25) is 4.79 Å². The van der Waals surface area contributed by atoms with Crippen molar-refractivity contribution in [2.75, 3.05) is 6.61 Å². The minimum Gasteiger partial charge on any atom is -0.457 e. The van der Waals surface area contributed by atoms with Crippen LogP contribution in [0.2, 0.25) is 0 Å². The van der Waals surface area contributed by atoms with Crippen LogP contribution in [0.25, 0.3) is 11.3 Å². The molecule has 0 saturated carbocycles. The molecule has 0 aliphatic heterocycles. The summed E-state index contributed by atoms with van der Waals surface area (Å²) in [7, 11) is 0. The first-order valence-electron chi connectivity index (χ1n) is 9.12. The van der Waals surface area contributed by atoms with Crippen molar-refractivity contribution in [3.05, 3.63) is 77.0 Å². The number of aromatic nitrogens is 1. The highest BCUT2D eigenvalue weighted by Gasteiger charge is 2.33. The molecule has 1 aromatic heterocycles. The summed E-state index contributed by atoms with van der Waals surface area (Å²) in [5.41, 5.74) is 4.65. The number of aliphatic hydroxyl groups excluding tert-OH is 2. The lowest BCUT2D eigenvalue weighted by Crippen LogP contribution is -2.15. The van der Waals surface area contributed by atoms with Gasteiger partial charge in [0.25, 0.3) is 5.91 Å². The number of nitrogens with two attached hydrogens (primary N) is 1. The lowest BCUT2D eigenvalue weighted by Gasteiger charge is -2.12. The lowest BCUT2D eigenvalue weighted by atomic mass is 10.0. The van der Waals surface area contributed by atoms with Crippen LogP contribution < -0.4 is 10.5 Å². The molecule has 7 nitrogen and oxygen atoms in total. The predicted molar refractivity (Wildman–Crippen MR) is 106 cm³/mol. The van der Waals surface area contributed by atoms with Crippen LogP contribution in [-0.2, 0) is 6.18 Å². The summed E-state index contributed by atoms with van der Waals surface area (Å²) < 4.78 is 44.3. The van der Waals surface area contributed by atoms with Crippen molar-refractivity contribution in [2.24, 2.45) is 5.73 Å². The third kappa shape index (κ3) is 5.03. The molecule has 4 N–H and O–H groups in total. The molecule has 32 heavy (non-hydrogen) atoms. The first-order valence-corrected chi connectivity index (χ1v) is 9.12. The number of halogens is 3. The highest BCUT2D eigenvalue weighted by Crippen LogP contribution is 2.35. The fraction of sp³-hybridized carbons (Fsp3) is 0.136. The lowest BCUT2D eigenvalue weighted by molar-refractivity contribution is -0.137. The SMILES string of the molecule is N#Cc1cc(Oc2ccc(-c3cc(C(O)CO)cc(C(N)=O)n3)cc2)ccc1C(F)(F)F. The minimum atomic E-state index is -4.65. The number of primary amides is 1. The van der Waals surface area contributed by atoms with Gasteiger partial charge in [-0.2, -0.15) is 18.4 Å². The number of amides is 1. The Hall–Kier alpha value is -3.94. The highest BCUT2D eigenvalue weighted by atomic mass is 19.4. The number of carbonyl (C=O) groups is 1. The number of ether oxygens (including phenoxy) is 1. The predicted octanol–water partition coefficient (Wildman–Crippen LogP) is 3.56. The first-order chi connectivity index (χ1) is 15.1. The van der Waals surface area contributed by atoms with Crippen LogP contribution in [0.1, 0.15) is 33.3 Å². The fourth-order valence-corrected chi connectivity index (χ4v) is 2.88. The van der Waals surface area contributed by atoms with Crippen LogP contribution in [0.3, 0.4) is 0 Å². The Bertz CT molecular complexity index is 1190. The second-order valence-electron chi connectivity index (χ2n) is 6.68. The van der Waals surface area contributed by atoms with E-state index in [1.165, 1.54) is 30.3 Å². The summed E-state index contributed by atoms with van der Waals surface area (Å²) in [6.07, 6.45) is -5.88. The van der Waals surface area contributed by atoms with Gasteiger partial charge in [0.15, 0.2) is 0 Å². The average Bonchev–Trinajstić information content (AvgIpc) is 2.77. The van der Waals surface area contributed by atoms with Gasteiger partial charge in [0, 0.05) is 5.56 Å². The van der Waals surface area contributed by atoms with Gasteiger partial charge in [0.2, 0.25) is 0 Å². The number of benzene rings is 2. The quantitative estimate of drug-likeness (QED) is 0.534. The molecule has 3 rings (SSSR count). The van der Waals surface area contributed by atoms with Gasteiger partial charge in [-0.1, -0.05) is 0 Å². The van der Waals surface area contributed by atoms with Crippen LogP contribution >= 0.6 is 0 Å². The largest absolute Gasteiger partial charge is 0.457 e. The normalized spacial score (nSPS) is 12.1. The van der Waals surface area contributed by atoms with Gasteiger partial charge in [-0.15, -0.1) is 0 Å². The number of pyridine rings is 1. The van der Waals surface area contributed by atoms with E-state index in [0.717, 1.165) is 18.2 Å². The summed E-state index contributed by atoms with van der Waals surface area (Å²) in [5, 5.41) is 28.1. The molecule has 1 unspecified atom stereocenters. The molecule has 0 bridgehead atoms. The topological polar surface area (TPSA) is 129 Å². The number of carbonyl (C=O) groups excluding carboxylic acids is 1. The summed E-state index contributed by atoms with van der Waals surface area (Å²) in [4.78, 5) is 15.7. The van der Waals surface area contributed by atoms with Gasteiger partial charge in [0.1, 0.15) is 23.3 Å². The molecule has 1 atom stereocenters. The molecule has 1 heterocycles. The van der Waals surface area contributed by atoms with E-state index < -0.39 is 35.9 Å². The van der Waals surface area contributed by atoms with Crippen molar-refractivity contribution < 1.29 is 32.9 Å². The second kappa shape index (κ2) is 9.05. The maximum Gasteiger partial charge on any atom is 0.417 e. The molecule has 3 aromatic rings. The number of hydrogen-bond acceptors (Lipinski definition) is 6. The van der Waals surface area contributed by atoms with Crippen molar-refractivity contribution in [3.8, 4) is 28.8 Å². The van der Waals surface area contributed by atoms with E-state index in [1.807, 2.05) is 0 Å². The van der Waals surface area contributed by atoms with E-state index in [2.05, 4.69) is 4.98 Å². The van der Waals surface area contributed by atoms with E-state index in [0.29, 0.717) is 11.3 Å². The van der Waals surface area contributed by atoms with Crippen LogP contribution in [0.4, 0.5) is 13.2 Å². The smallest absolute Gasteiger partial charge is 0.417 e. The molecule has 2 aromatic carbocycles. The van der Waals surface area contributed by atoms with Gasteiger partial charge < -0.3 is 20.7 Å². The van der Waals surface area contributed by atoms with Crippen LogP contribution in [-0.4, -0.2) is 27.7 Å². The minimum absolute atomic E-state index is 0.0458. The molecule has 0 fully saturated rings. The first kappa shape index (κ1) is 22.7. The summed E-state index contributed by atoms with van der Waals surface area (Å²) in [5.74, 6) is -0.489. The Morgan fingerprint density at radius 2 is 1.78 bits per heavy atom. The number of nitrogens with zero attached hydrogens (tertiary/aromatic N) is 2. The number of aliphatic hydroxyl groups is 2. The molecule has 1 amide bonds. The maximum atomic E-state index is 12.9. The van der Waals surface area contributed by atoms with Gasteiger partial charge in [-0.25, -0.2) is 4.98 Å². The molecule has 0 spiro atoms. The van der Waals surface area contributed by atoms with Crippen molar-refractivity contribution >= 4 is 5.91 Å². The molecule has 0 saturated heterocycles. The zero-order chi connectivity index (χ0) is 23.5. The molecule has 0 radical (unpaired) electrons. The summed E-state index contributed by atoms with van der Waals surface area (Å²) in [6.45, 7) is -0.563. The molecule has 0 aliphatic carbocycles. The number of nitriles is 1. The van der Waals surface area contributed by atoms with Gasteiger partial charge in [0.05, 0.1) is 29.5 Å². The van der Waals surface area contributed by atoms with Crippen LogP contribution in [0.5, 0.6) is 11.5 Å². The molecular formula is C22H16F3N3O4. The van der Waals surface area contributed by atoms with Gasteiger partial charge >= 0.3 is 6.18 Å². The van der Waals surface area contributed by atoms with Crippen molar-refractivity contribution in [1.29, 1.82) is 5.26 Å². The van der Waals surface area contributed by atoms with Gasteiger partial charge in [-0.05, 0) is 60.2 Å². The van der Waals surface area contributed by atoms with E-state index in [1.54, 1.807) is 12.1 Å². The number of hydrogen-bond donors (Lipinski definition) is 3. The third-order valence-electron chi connectivity index (χ3n) is 4.46. The monoisotopic (exact) mass is 443 g/mol. The zero-order valence-electron chi connectivity index (χ0n) is 16.3. The van der Waals surface area contributed by atoms with Crippen molar-refractivity contribution in [3.63, 3.8) is 0 Å². The van der Waals surface area contributed by atoms with Crippen LogP contribution in [0.15, 0.2) is 54.6 Å². The standard InChI is InChI=1S/C22H16F3N3O4/c23-22(24,25)17-6-5-16(7-14(17)10-26)32-15-3-1-12(2-4-15)18-8-13(20(30)11-29)9-19(28-18)21(27)31/h1-9,20,29-30H,11H2,(H2,27,31). The van der Waals surface area contributed by atoms with E-state index in [9.17, 15) is 23.1 Å². The maximum absolute atomic E-state index is 12.9. The van der Waals surface area contributed by atoms with Crippen molar-refractivity contribution in [1.82, 2.24) is 4.98 Å². The number of rotatable bonds is 6. The van der Waals surface area contributed by atoms with E-state index in [-0.39, 0.29) is 22.8 Å². The summed E-state index contributed by atoms with van der Waals surface area (Å²) >= 11 is 0. The summed E-state index contributed by atoms with van der Waals surface area (Å²) in [6, 6.07) is 13.3. The molecule has 10 heteroatoms. The Morgan fingerprint density at radius 3 is 2.34 bits per heavy atom. The van der Waals surface area contributed by atoms with Crippen molar-refractivity contribution in [2.45, 2.75) is 12.3 Å². The molecular weight excluding hydrogens is 427 g/mol. The molecule has 0 aliphatic rings. The van der Waals surface area contributed by atoms with Crippen LogP contribution in [0, 0.1) is 11.3 Å². The third-order valence-corrected chi connectivity index (χ3v) is 4.46. The van der Waals surface area contributed by atoms with E-state index >= 15 is 0 Å². The Morgan fingerprint density at radius 1 is 1.12 bits per heavy atom. The molecule has 164 valence electrons. The highest BCUT2D eigenvalue weighted by molar-refractivity contribution is 5.91. The fourth-order valence-electron chi connectivity index (χ4n) is 2.88. The average molecular weight is 443 g/mol.